The molecule has 0 saturated carbocycles. The molecule has 7 heteroatoms. The van der Waals surface area contributed by atoms with Crippen molar-refractivity contribution in [1.29, 1.82) is 0 Å². The lowest BCUT2D eigenvalue weighted by Gasteiger charge is -2.24. The second-order valence-electron chi connectivity index (χ2n) is 6.90. The lowest BCUT2D eigenvalue weighted by molar-refractivity contribution is 0.0785. The first-order chi connectivity index (χ1) is 12.8. The molecule has 0 bridgehead atoms. The minimum Gasteiger partial charge on any atom is -0.371 e. The Balaban J connectivity index is 1.83. The van der Waals surface area contributed by atoms with Crippen LogP contribution in [0.3, 0.4) is 0 Å². The number of rotatable bonds is 5. The summed E-state index contributed by atoms with van der Waals surface area (Å²) in [5, 5.41) is 0.121. The fourth-order valence-electron chi connectivity index (χ4n) is 3.38. The number of amides is 1. The molecule has 0 aliphatic carbocycles. The molecule has 0 N–H and O–H groups in total. The van der Waals surface area contributed by atoms with Crippen molar-refractivity contribution in [2.75, 3.05) is 31.3 Å². The molecule has 2 aromatic rings. The van der Waals surface area contributed by atoms with Crippen molar-refractivity contribution >= 4 is 33.0 Å². The summed E-state index contributed by atoms with van der Waals surface area (Å²) in [6, 6.07) is 12.5. The Morgan fingerprint density at radius 3 is 2.48 bits per heavy atom. The monoisotopic (exact) mass is 406 g/mol. The highest BCUT2D eigenvalue weighted by Gasteiger charge is 2.20. The van der Waals surface area contributed by atoms with Crippen molar-refractivity contribution in [3.8, 4) is 0 Å². The van der Waals surface area contributed by atoms with E-state index in [0.717, 1.165) is 30.6 Å². The molecule has 1 amide bonds. The third-order valence-electron chi connectivity index (χ3n) is 4.77. The zero-order chi connectivity index (χ0) is 19.6. The van der Waals surface area contributed by atoms with Crippen LogP contribution in [0.5, 0.6) is 0 Å². The first-order valence-electron chi connectivity index (χ1n) is 8.85. The highest BCUT2D eigenvalue weighted by Crippen LogP contribution is 2.27. The number of hydrogen-bond donors (Lipinski definition) is 0. The van der Waals surface area contributed by atoms with Crippen LogP contribution >= 0.6 is 11.6 Å². The quantitative estimate of drug-likeness (QED) is 0.761. The predicted octanol–water partition coefficient (Wildman–Crippen LogP) is 3.62. The van der Waals surface area contributed by atoms with Gasteiger partial charge >= 0.3 is 0 Å². The largest absolute Gasteiger partial charge is 0.371 e. The van der Waals surface area contributed by atoms with Crippen molar-refractivity contribution in [3.63, 3.8) is 0 Å². The Hall–Kier alpha value is -2.05. The Morgan fingerprint density at radius 2 is 1.81 bits per heavy atom. The molecule has 1 aliphatic rings. The van der Waals surface area contributed by atoms with Crippen molar-refractivity contribution < 1.29 is 13.2 Å². The van der Waals surface area contributed by atoms with Crippen LogP contribution in [0.2, 0.25) is 5.02 Å². The van der Waals surface area contributed by atoms with Crippen molar-refractivity contribution in [2.24, 2.45) is 0 Å². The Labute approximate surface area is 165 Å². The number of carbonyl (C=O) groups is 1. The molecular formula is C20H23ClN2O3S. The van der Waals surface area contributed by atoms with E-state index in [-0.39, 0.29) is 15.8 Å². The maximum Gasteiger partial charge on any atom is 0.253 e. The molecule has 0 atom stereocenters. The van der Waals surface area contributed by atoms with E-state index in [0.29, 0.717) is 12.1 Å². The van der Waals surface area contributed by atoms with Gasteiger partial charge in [0.15, 0.2) is 9.84 Å². The van der Waals surface area contributed by atoms with Gasteiger partial charge in [0.05, 0.1) is 9.92 Å². The molecule has 1 saturated heterocycles. The number of hydrogen-bond acceptors (Lipinski definition) is 4. The van der Waals surface area contributed by atoms with Crippen LogP contribution in [0.15, 0.2) is 47.4 Å². The van der Waals surface area contributed by atoms with Crippen LogP contribution < -0.4 is 4.90 Å². The van der Waals surface area contributed by atoms with E-state index in [1.54, 1.807) is 18.0 Å². The van der Waals surface area contributed by atoms with Gasteiger partial charge in [0.2, 0.25) is 0 Å². The molecule has 2 aromatic carbocycles. The first kappa shape index (κ1) is 19.7. The molecule has 1 aliphatic heterocycles. The summed E-state index contributed by atoms with van der Waals surface area (Å²) in [5.41, 5.74) is 2.54. The highest BCUT2D eigenvalue weighted by atomic mass is 35.5. The normalized spacial score (nSPS) is 14.4. The number of anilines is 1. The third-order valence-corrected chi connectivity index (χ3v) is 6.35. The van der Waals surface area contributed by atoms with Crippen LogP contribution in [0.1, 0.15) is 28.8 Å². The summed E-state index contributed by atoms with van der Waals surface area (Å²) in [6.45, 7) is 2.51. The molecule has 0 spiro atoms. The summed E-state index contributed by atoms with van der Waals surface area (Å²) in [6.07, 6.45) is 3.45. The van der Waals surface area contributed by atoms with Crippen LogP contribution in [0, 0.1) is 0 Å². The zero-order valence-electron chi connectivity index (χ0n) is 15.5. The number of halogens is 1. The Bertz CT molecular complexity index is 953. The predicted molar refractivity (Wildman–Crippen MR) is 108 cm³/mol. The summed E-state index contributed by atoms with van der Waals surface area (Å²) < 4.78 is 23.7. The summed E-state index contributed by atoms with van der Waals surface area (Å²) in [7, 11) is -1.78. The average Bonchev–Trinajstić information content (AvgIpc) is 3.15. The minimum atomic E-state index is -3.50. The SMILES string of the molecule is CN(Cc1ccccc1N1CCCC1)C(=O)c1ccc(Cl)c(S(C)(=O)=O)c1. The lowest BCUT2D eigenvalue weighted by atomic mass is 10.1. The van der Waals surface area contributed by atoms with Gasteiger partial charge in [-0.05, 0) is 42.7 Å². The second kappa shape index (κ2) is 7.90. The maximum absolute atomic E-state index is 12.8. The molecule has 0 unspecified atom stereocenters. The molecule has 1 fully saturated rings. The van der Waals surface area contributed by atoms with Gasteiger partial charge < -0.3 is 9.80 Å². The Kier molecular flexibility index (Phi) is 5.77. The van der Waals surface area contributed by atoms with Crippen LogP contribution in [0.4, 0.5) is 5.69 Å². The number of para-hydroxylation sites is 1. The van der Waals surface area contributed by atoms with Crippen molar-refractivity contribution in [1.82, 2.24) is 4.90 Å². The van der Waals surface area contributed by atoms with Crippen molar-refractivity contribution in [2.45, 2.75) is 24.3 Å². The fraction of sp³-hybridized carbons (Fsp3) is 0.350. The molecule has 0 radical (unpaired) electrons. The fourth-order valence-corrected chi connectivity index (χ4v) is 4.68. The molecule has 5 nitrogen and oxygen atoms in total. The average molecular weight is 407 g/mol. The van der Waals surface area contributed by atoms with E-state index < -0.39 is 9.84 Å². The second-order valence-corrected chi connectivity index (χ2v) is 9.29. The minimum absolute atomic E-state index is 0.0270. The van der Waals surface area contributed by atoms with Gasteiger partial charge in [0.1, 0.15) is 0 Å². The highest BCUT2D eigenvalue weighted by molar-refractivity contribution is 7.90. The molecule has 27 heavy (non-hydrogen) atoms. The molecule has 1 heterocycles. The number of carbonyl (C=O) groups excluding carboxylic acids is 1. The standard InChI is InChI=1S/C20H23ClN2O3S/c1-22(14-16-7-3-4-8-18(16)23-11-5-6-12-23)20(24)15-9-10-17(21)19(13-15)27(2,25)26/h3-4,7-10,13H,5-6,11-12,14H2,1-2H3. The van der Waals surface area contributed by atoms with Gasteiger partial charge in [-0.15, -0.1) is 0 Å². The van der Waals surface area contributed by atoms with E-state index in [4.69, 9.17) is 11.6 Å². The maximum atomic E-state index is 12.8. The van der Waals surface area contributed by atoms with E-state index in [1.165, 1.54) is 25.0 Å². The number of nitrogens with zero attached hydrogens (tertiary/aromatic N) is 2. The van der Waals surface area contributed by atoms with E-state index in [1.807, 2.05) is 18.2 Å². The molecule has 144 valence electrons. The van der Waals surface area contributed by atoms with E-state index in [2.05, 4.69) is 11.0 Å². The van der Waals surface area contributed by atoms with Crippen LogP contribution in [-0.2, 0) is 16.4 Å². The summed E-state index contributed by atoms with van der Waals surface area (Å²) in [5.74, 6) is -0.243. The lowest BCUT2D eigenvalue weighted by Crippen LogP contribution is -2.28. The zero-order valence-corrected chi connectivity index (χ0v) is 17.1. The van der Waals surface area contributed by atoms with E-state index >= 15 is 0 Å². The summed E-state index contributed by atoms with van der Waals surface area (Å²) in [4.78, 5) is 16.8. The van der Waals surface area contributed by atoms with Gasteiger partial charge in [-0.2, -0.15) is 0 Å². The van der Waals surface area contributed by atoms with Gasteiger partial charge in [-0.1, -0.05) is 29.8 Å². The van der Waals surface area contributed by atoms with Crippen LogP contribution in [0.25, 0.3) is 0 Å². The van der Waals surface area contributed by atoms with Gasteiger partial charge in [0, 0.05) is 44.2 Å². The topological polar surface area (TPSA) is 57.7 Å². The molecule has 0 aromatic heterocycles. The first-order valence-corrected chi connectivity index (χ1v) is 11.1. The molecular weight excluding hydrogens is 384 g/mol. The van der Waals surface area contributed by atoms with Gasteiger partial charge in [-0.3, -0.25) is 4.79 Å². The Morgan fingerprint density at radius 1 is 1.15 bits per heavy atom. The van der Waals surface area contributed by atoms with Gasteiger partial charge in [-0.25, -0.2) is 8.42 Å². The number of sulfone groups is 1. The number of benzene rings is 2. The van der Waals surface area contributed by atoms with Crippen molar-refractivity contribution in [3.05, 3.63) is 58.6 Å². The van der Waals surface area contributed by atoms with Crippen LogP contribution in [-0.4, -0.2) is 45.6 Å². The van der Waals surface area contributed by atoms with Gasteiger partial charge in [0.25, 0.3) is 5.91 Å². The smallest absolute Gasteiger partial charge is 0.253 e. The molecule has 3 rings (SSSR count). The van der Waals surface area contributed by atoms with E-state index in [9.17, 15) is 13.2 Å². The summed E-state index contributed by atoms with van der Waals surface area (Å²) >= 11 is 5.98. The third kappa shape index (κ3) is 4.45.